The maximum absolute atomic E-state index is 12.6. The van der Waals surface area contributed by atoms with Gasteiger partial charge in [0.2, 0.25) is 0 Å². The minimum Gasteiger partial charge on any atom is -0.501 e. The van der Waals surface area contributed by atoms with E-state index < -0.39 is 43.1 Å². The van der Waals surface area contributed by atoms with Crippen LogP contribution < -0.4 is 0 Å². The lowest BCUT2D eigenvalue weighted by Gasteiger charge is -2.26. The molecular formula is C15H24F6O2. The Kier molecular flexibility index (Phi) is 9.02. The van der Waals surface area contributed by atoms with E-state index in [9.17, 15) is 26.3 Å². The highest BCUT2D eigenvalue weighted by atomic mass is 19.4. The Balaban J connectivity index is 5.33. The third-order valence-corrected chi connectivity index (χ3v) is 3.69. The molecule has 0 rings (SSSR count). The van der Waals surface area contributed by atoms with Crippen LogP contribution in [0.3, 0.4) is 0 Å². The van der Waals surface area contributed by atoms with Gasteiger partial charge < -0.3 is 9.47 Å². The molecule has 0 amide bonds. The Morgan fingerprint density at radius 2 is 1.43 bits per heavy atom. The molecule has 3 atom stereocenters. The van der Waals surface area contributed by atoms with E-state index in [1.165, 1.54) is 20.3 Å². The van der Waals surface area contributed by atoms with Gasteiger partial charge in [-0.2, -0.15) is 26.3 Å². The zero-order chi connectivity index (χ0) is 18.3. The number of ether oxygens (including phenoxy) is 2. The molecule has 0 fully saturated rings. The van der Waals surface area contributed by atoms with Crippen molar-refractivity contribution in [1.29, 1.82) is 0 Å². The zero-order valence-corrected chi connectivity index (χ0v) is 13.7. The Morgan fingerprint density at radius 3 is 1.74 bits per heavy atom. The van der Waals surface area contributed by atoms with Crippen LogP contribution in [0.15, 0.2) is 11.8 Å². The molecule has 2 nitrogen and oxygen atoms in total. The first-order valence-electron chi connectivity index (χ1n) is 7.39. The molecule has 3 unspecified atom stereocenters. The molecule has 23 heavy (non-hydrogen) atoms. The maximum Gasteiger partial charge on any atom is 0.389 e. The van der Waals surface area contributed by atoms with Crippen LogP contribution in [0.4, 0.5) is 26.3 Å². The van der Waals surface area contributed by atoms with Crippen molar-refractivity contribution in [2.24, 2.45) is 11.8 Å². The van der Waals surface area contributed by atoms with Gasteiger partial charge in [0.1, 0.15) is 0 Å². The van der Waals surface area contributed by atoms with Gasteiger partial charge in [-0.15, -0.1) is 0 Å². The second-order valence-electron chi connectivity index (χ2n) is 5.39. The summed E-state index contributed by atoms with van der Waals surface area (Å²) in [5.74, 6) is -1.81. The average molecular weight is 350 g/mol. The number of rotatable bonds is 9. The van der Waals surface area contributed by atoms with E-state index >= 15 is 0 Å². The lowest BCUT2D eigenvalue weighted by molar-refractivity contribution is -0.152. The summed E-state index contributed by atoms with van der Waals surface area (Å²) in [6.45, 7) is 3.15. The van der Waals surface area contributed by atoms with Crippen molar-refractivity contribution < 1.29 is 35.8 Å². The molecule has 0 saturated heterocycles. The molecule has 0 radical (unpaired) electrons. The standard InChI is InChI=1S/C15H24F6O2/c1-5-10(8-14(16,17)18)12(22-3)7-13(23-4)11(6-2)9-15(19,20)21/h7,10-12H,5-6,8-9H2,1-4H3/b13-7-. The Bertz CT molecular complexity index is 362. The molecule has 138 valence electrons. The van der Waals surface area contributed by atoms with Gasteiger partial charge in [-0.1, -0.05) is 20.3 Å². The number of alkyl halides is 6. The fourth-order valence-corrected chi connectivity index (χ4v) is 2.44. The van der Waals surface area contributed by atoms with Crippen LogP contribution in [0.2, 0.25) is 0 Å². The molecule has 0 aliphatic heterocycles. The monoisotopic (exact) mass is 350 g/mol. The molecule has 0 aromatic carbocycles. The number of halogens is 6. The molecule has 0 heterocycles. The first kappa shape index (κ1) is 22.1. The fraction of sp³-hybridized carbons (Fsp3) is 0.867. The van der Waals surface area contributed by atoms with Crippen molar-refractivity contribution in [3.8, 4) is 0 Å². The number of allylic oxidation sites excluding steroid dienone is 1. The minimum atomic E-state index is -4.38. The largest absolute Gasteiger partial charge is 0.501 e. The van der Waals surface area contributed by atoms with Crippen LogP contribution in [0.25, 0.3) is 0 Å². The van der Waals surface area contributed by atoms with E-state index in [-0.39, 0.29) is 18.6 Å². The van der Waals surface area contributed by atoms with Crippen molar-refractivity contribution in [1.82, 2.24) is 0 Å². The number of hydrogen-bond donors (Lipinski definition) is 0. The lowest BCUT2D eigenvalue weighted by atomic mass is 9.91. The highest BCUT2D eigenvalue weighted by molar-refractivity contribution is 5.05. The zero-order valence-electron chi connectivity index (χ0n) is 13.7. The predicted octanol–water partition coefficient (Wildman–Crippen LogP) is 5.49. The molecule has 0 aromatic heterocycles. The van der Waals surface area contributed by atoms with E-state index in [2.05, 4.69) is 0 Å². The highest BCUT2D eigenvalue weighted by Gasteiger charge is 2.36. The van der Waals surface area contributed by atoms with E-state index in [4.69, 9.17) is 9.47 Å². The van der Waals surface area contributed by atoms with E-state index in [1.54, 1.807) is 13.8 Å². The first-order chi connectivity index (χ1) is 10.5. The Hall–Kier alpha value is -0.920. The van der Waals surface area contributed by atoms with Crippen LogP contribution >= 0.6 is 0 Å². The predicted molar refractivity (Wildman–Crippen MR) is 74.8 cm³/mol. The Morgan fingerprint density at radius 1 is 0.913 bits per heavy atom. The van der Waals surface area contributed by atoms with Crippen LogP contribution in [-0.2, 0) is 9.47 Å². The van der Waals surface area contributed by atoms with E-state index in [0.29, 0.717) is 0 Å². The average Bonchev–Trinajstić information content (AvgIpc) is 2.42. The van der Waals surface area contributed by atoms with Gasteiger partial charge in [0.25, 0.3) is 0 Å². The topological polar surface area (TPSA) is 18.5 Å². The second-order valence-corrected chi connectivity index (χ2v) is 5.39. The van der Waals surface area contributed by atoms with Gasteiger partial charge in [0.05, 0.1) is 25.4 Å². The number of methoxy groups -OCH3 is 2. The molecule has 0 aromatic rings. The molecule has 8 heteroatoms. The summed E-state index contributed by atoms with van der Waals surface area (Å²) in [6, 6.07) is 0. The lowest BCUT2D eigenvalue weighted by Crippen LogP contribution is -2.27. The maximum atomic E-state index is 12.6. The van der Waals surface area contributed by atoms with Gasteiger partial charge in [0, 0.05) is 19.4 Å². The molecule has 0 spiro atoms. The second kappa shape index (κ2) is 9.39. The third-order valence-electron chi connectivity index (χ3n) is 3.69. The van der Waals surface area contributed by atoms with Gasteiger partial charge in [-0.3, -0.25) is 0 Å². The number of hydrogen-bond acceptors (Lipinski definition) is 2. The summed E-state index contributed by atoms with van der Waals surface area (Å²) in [5, 5.41) is 0. The van der Waals surface area contributed by atoms with E-state index in [0.717, 1.165) is 0 Å². The van der Waals surface area contributed by atoms with Crippen LogP contribution in [-0.4, -0.2) is 32.7 Å². The molecule has 0 saturated carbocycles. The van der Waals surface area contributed by atoms with Crippen molar-refractivity contribution in [2.75, 3.05) is 14.2 Å². The summed E-state index contributed by atoms with van der Waals surface area (Å²) >= 11 is 0. The third kappa shape index (κ3) is 9.07. The van der Waals surface area contributed by atoms with Gasteiger partial charge in [0.15, 0.2) is 0 Å². The van der Waals surface area contributed by atoms with Crippen molar-refractivity contribution in [3.05, 3.63) is 11.8 Å². The van der Waals surface area contributed by atoms with Crippen LogP contribution in [0.1, 0.15) is 39.5 Å². The van der Waals surface area contributed by atoms with Crippen molar-refractivity contribution in [2.45, 2.75) is 58.0 Å². The van der Waals surface area contributed by atoms with Gasteiger partial charge in [-0.25, -0.2) is 0 Å². The van der Waals surface area contributed by atoms with E-state index in [1.807, 2.05) is 0 Å². The summed E-state index contributed by atoms with van der Waals surface area (Å²) in [4.78, 5) is 0. The molecule has 0 aliphatic rings. The SMILES string of the molecule is CCC(CC(F)(F)F)/C(=C/C(OC)C(CC)CC(F)(F)F)OC. The summed E-state index contributed by atoms with van der Waals surface area (Å²) in [7, 11) is 2.44. The molecule has 0 N–H and O–H groups in total. The minimum absolute atomic E-state index is 0.0114. The van der Waals surface area contributed by atoms with Crippen molar-refractivity contribution in [3.63, 3.8) is 0 Å². The molecule has 0 aliphatic carbocycles. The Labute approximate surface area is 132 Å². The highest BCUT2D eigenvalue weighted by Crippen LogP contribution is 2.34. The van der Waals surface area contributed by atoms with Crippen LogP contribution in [0.5, 0.6) is 0 Å². The molecular weight excluding hydrogens is 326 g/mol. The summed E-state index contributed by atoms with van der Waals surface area (Å²) < 4.78 is 85.7. The summed E-state index contributed by atoms with van der Waals surface area (Å²) in [5.41, 5.74) is 0. The smallest absolute Gasteiger partial charge is 0.389 e. The quantitative estimate of drug-likeness (QED) is 0.404. The van der Waals surface area contributed by atoms with Crippen LogP contribution in [0, 0.1) is 11.8 Å². The van der Waals surface area contributed by atoms with Gasteiger partial charge >= 0.3 is 12.4 Å². The fourth-order valence-electron chi connectivity index (χ4n) is 2.44. The first-order valence-corrected chi connectivity index (χ1v) is 7.39. The van der Waals surface area contributed by atoms with Gasteiger partial charge in [-0.05, 0) is 18.4 Å². The summed E-state index contributed by atoms with van der Waals surface area (Å²) in [6.07, 6.45) is -10.3. The normalized spacial score (nSPS) is 17.7. The van der Waals surface area contributed by atoms with Crippen molar-refractivity contribution >= 4 is 0 Å². The molecule has 0 bridgehead atoms.